The first-order chi connectivity index (χ1) is 12.1. The number of rotatable bonds is 8. The van der Waals surface area contributed by atoms with Crippen molar-refractivity contribution in [1.29, 1.82) is 5.26 Å². The predicted molar refractivity (Wildman–Crippen MR) is 97.8 cm³/mol. The Morgan fingerprint density at radius 3 is 2.60 bits per heavy atom. The normalized spacial score (nSPS) is 16.6. The van der Waals surface area contributed by atoms with Gasteiger partial charge in [0, 0.05) is 32.2 Å². The molecule has 0 saturated carbocycles. The number of hydrogen-bond donors (Lipinski definition) is 1. The molecule has 1 N–H and O–H groups in total. The van der Waals surface area contributed by atoms with Crippen molar-refractivity contribution in [3.05, 3.63) is 35.9 Å². The van der Waals surface area contributed by atoms with Crippen LogP contribution in [0.4, 0.5) is 0 Å². The summed E-state index contributed by atoms with van der Waals surface area (Å²) in [6.45, 7) is 6.66. The second-order valence-electron chi connectivity index (χ2n) is 6.92. The van der Waals surface area contributed by atoms with E-state index < -0.39 is 0 Å². The zero-order valence-corrected chi connectivity index (χ0v) is 15.3. The molecule has 1 aromatic rings. The van der Waals surface area contributed by atoms with Gasteiger partial charge in [0.25, 0.3) is 0 Å². The molecule has 0 unspecified atom stereocenters. The van der Waals surface area contributed by atoms with Crippen molar-refractivity contribution in [3.63, 3.8) is 0 Å². The lowest BCUT2D eigenvalue weighted by Crippen LogP contribution is -2.46. The lowest BCUT2D eigenvalue weighted by atomic mass is 9.96. The molecule has 1 fully saturated rings. The lowest BCUT2D eigenvalue weighted by Gasteiger charge is -2.34. The van der Waals surface area contributed by atoms with Crippen molar-refractivity contribution >= 4 is 5.91 Å². The SMILES string of the molecule is CC(C)[C@H](NC(=O)CN(CCC#N)C1CCOCC1)c1ccccc1. The molecular weight excluding hydrogens is 314 g/mol. The molecule has 0 spiro atoms. The third kappa shape index (κ3) is 6.15. The van der Waals surface area contributed by atoms with Gasteiger partial charge >= 0.3 is 0 Å². The smallest absolute Gasteiger partial charge is 0.234 e. The van der Waals surface area contributed by atoms with E-state index in [0.29, 0.717) is 31.5 Å². The molecule has 1 aliphatic rings. The van der Waals surface area contributed by atoms with E-state index in [4.69, 9.17) is 10.00 Å². The van der Waals surface area contributed by atoms with Crippen molar-refractivity contribution in [2.45, 2.75) is 45.2 Å². The number of carbonyl (C=O) groups is 1. The first-order valence-electron chi connectivity index (χ1n) is 9.15. The van der Waals surface area contributed by atoms with Gasteiger partial charge in [-0.2, -0.15) is 5.26 Å². The Balaban J connectivity index is 1.99. The Morgan fingerprint density at radius 1 is 1.32 bits per heavy atom. The van der Waals surface area contributed by atoms with Crippen molar-refractivity contribution in [3.8, 4) is 6.07 Å². The molecule has 25 heavy (non-hydrogen) atoms. The maximum Gasteiger partial charge on any atom is 0.234 e. The van der Waals surface area contributed by atoms with Gasteiger partial charge in [-0.05, 0) is 24.3 Å². The second-order valence-corrected chi connectivity index (χ2v) is 6.92. The zero-order valence-electron chi connectivity index (χ0n) is 15.3. The highest BCUT2D eigenvalue weighted by Crippen LogP contribution is 2.21. The van der Waals surface area contributed by atoms with E-state index in [0.717, 1.165) is 31.6 Å². The standard InChI is InChI=1S/C20H29N3O2/c1-16(2)20(17-7-4-3-5-8-17)22-19(24)15-23(12-6-11-21)18-9-13-25-14-10-18/h3-5,7-8,16,18,20H,6,9-10,12-15H2,1-2H3,(H,22,24)/t20-/m0/s1. The quantitative estimate of drug-likeness (QED) is 0.788. The minimum Gasteiger partial charge on any atom is -0.381 e. The Kier molecular flexibility index (Phi) is 7.90. The van der Waals surface area contributed by atoms with Gasteiger partial charge in [0.1, 0.15) is 0 Å². The summed E-state index contributed by atoms with van der Waals surface area (Å²) in [4.78, 5) is 14.8. The number of nitrogens with one attached hydrogen (secondary N) is 1. The van der Waals surface area contributed by atoms with Gasteiger partial charge in [0.2, 0.25) is 5.91 Å². The van der Waals surface area contributed by atoms with Crippen LogP contribution in [0.3, 0.4) is 0 Å². The minimum atomic E-state index is 0.00112. The number of benzene rings is 1. The number of nitriles is 1. The highest BCUT2D eigenvalue weighted by molar-refractivity contribution is 5.78. The van der Waals surface area contributed by atoms with Crippen LogP contribution in [-0.4, -0.2) is 43.2 Å². The van der Waals surface area contributed by atoms with Crippen LogP contribution in [0.2, 0.25) is 0 Å². The average Bonchev–Trinajstić information content (AvgIpc) is 2.64. The van der Waals surface area contributed by atoms with Crippen molar-refractivity contribution in [2.24, 2.45) is 5.92 Å². The minimum absolute atomic E-state index is 0.00112. The molecule has 0 aromatic heterocycles. The molecule has 2 rings (SSSR count). The van der Waals surface area contributed by atoms with Crippen LogP contribution in [0.25, 0.3) is 0 Å². The number of nitrogens with zero attached hydrogens (tertiary/aromatic N) is 2. The number of amides is 1. The summed E-state index contributed by atoms with van der Waals surface area (Å²) in [5, 5.41) is 12.1. The van der Waals surface area contributed by atoms with Gasteiger partial charge in [-0.25, -0.2) is 0 Å². The Labute approximate surface area is 151 Å². The Morgan fingerprint density at radius 2 is 2.00 bits per heavy atom. The van der Waals surface area contributed by atoms with Crippen molar-refractivity contribution < 1.29 is 9.53 Å². The molecule has 0 bridgehead atoms. The molecule has 5 heteroatoms. The van der Waals surface area contributed by atoms with E-state index in [1.807, 2.05) is 18.2 Å². The van der Waals surface area contributed by atoms with Crippen LogP contribution >= 0.6 is 0 Å². The summed E-state index contributed by atoms with van der Waals surface area (Å²) in [5.41, 5.74) is 1.13. The average molecular weight is 343 g/mol. The van der Waals surface area contributed by atoms with Crippen LogP contribution in [0.5, 0.6) is 0 Å². The van der Waals surface area contributed by atoms with Crippen LogP contribution in [0.1, 0.15) is 44.7 Å². The third-order valence-corrected chi connectivity index (χ3v) is 4.71. The monoisotopic (exact) mass is 343 g/mol. The summed E-state index contributed by atoms with van der Waals surface area (Å²) >= 11 is 0. The summed E-state index contributed by atoms with van der Waals surface area (Å²) < 4.78 is 5.42. The fraction of sp³-hybridized carbons (Fsp3) is 0.600. The second kappa shape index (κ2) is 10.2. The molecule has 1 aromatic carbocycles. The van der Waals surface area contributed by atoms with Crippen LogP contribution in [0.15, 0.2) is 30.3 Å². The van der Waals surface area contributed by atoms with Gasteiger partial charge < -0.3 is 10.1 Å². The molecule has 0 radical (unpaired) electrons. The maximum absolute atomic E-state index is 12.7. The number of hydrogen-bond acceptors (Lipinski definition) is 4. The van der Waals surface area contributed by atoms with E-state index in [1.54, 1.807) is 0 Å². The Bertz CT molecular complexity index is 562. The third-order valence-electron chi connectivity index (χ3n) is 4.71. The van der Waals surface area contributed by atoms with Crippen LogP contribution in [0, 0.1) is 17.2 Å². The lowest BCUT2D eigenvalue weighted by molar-refractivity contribution is -0.124. The Hall–Kier alpha value is -1.90. The van der Waals surface area contributed by atoms with Gasteiger partial charge in [-0.1, -0.05) is 44.2 Å². The molecule has 1 atom stereocenters. The summed E-state index contributed by atoms with van der Waals surface area (Å²) in [5.74, 6) is 0.328. The maximum atomic E-state index is 12.7. The molecule has 1 saturated heterocycles. The summed E-state index contributed by atoms with van der Waals surface area (Å²) in [7, 11) is 0. The van der Waals surface area contributed by atoms with E-state index in [1.165, 1.54) is 0 Å². The van der Waals surface area contributed by atoms with Crippen molar-refractivity contribution in [1.82, 2.24) is 10.2 Å². The highest BCUT2D eigenvalue weighted by atomic mass is 16.5. The van der Waals surface area contributed by atoms with E-state index >= 15 is 0 Å². The van der Waals surface area contributed by atoms with Crippen molar-refractivity contribution in [2.75, 3.05) is 26.3 Å². The fourth-order valence-electron chi connectivity index (χ4n) is 3.33. The largest absolute Gasteiger partial charge is 0.381 e. The predicted octanol–water partition coefficient (Wildman–Crippen LogP) is 2.89. The topological polar surface area (TPSA) is 65.4 Å². The van der Waals surface area contributed by atoms with Gasteiger partial charge in [-0.3, -0.25) is 9.69 Å². The molecule has 5 nitrogen and oxygen atoms in total. The van der Waals surface area contributed by atoms with Gasteiger partial charge in [-0.15, -0.1) is 0 Å². The summed E-state index contributed by atoms with van der Waals surface area (Å²) in [6.07, 6.45) is 2.28. The molecular formula is C20H29N3O2. The highest BCUT2D eigenvalue weighted by Gasteiger charge is 2.25. The number of ether oxygens (including phenoxy) is 1. The van der Waals surface area contributed by atoms with Crippen LogP contribution < -0.4 is 5.32 Å². The molecule has 136 valence electrons. The van der Waals surface area contributed by atoms with E-state index in [2.05, 4.69) is 42.3 Å². The van der Waals surface area contributed by atoms with Crippen LogP contribution in [-0.2, 0) is 9.53 Å². The molecule has 0 aliphatic carbocycles. The molecule has 1 amide bonds. The van der Waals surface area contributed by atoms with Gasteiger partial charge in [0.15, 0.2) is 0 Å². The number of carbonyl (C=O) groups excluding carboxylic acids is 1. The zero-order chi connectivity index (χ0) is 18.1. The summed E-state index contributed by atoms with van der Waals surface area (Å²) in [6, 6.07) is 12.6. The van der Waals surface area contributed by atoms with Gasteiger partial charge in [0.05, 0.1) is 18.7 Å². The first-order valence-corrected chi connectivity index (χ1v) is 9.15. The molecule has 1 heterocycles. The van der Waals surface area contributed by atoms with E-state index in [-0.39, 0.29) is 11.9 Å². The first kappa shape index (κ1) is 19.4. The fourth-order valence-corrected chi connectivity index (χ4v) is 3.33. The van der Waals surface area contributed by atoms with E-state index in [9.17, 15) is 4.79 Å². The molecule has 1 aliphatic heterocycles.